The Balaban J connectivity index is 2.07. The second-order valence-corrected chi connectivity index (χ2v) is 4.05. The number of carbonyl (C=O) groups is 1. The molecule has 2 aromatic rings. The quantitative estimate of drug-likeness (QED) is 0.462. The molecule has 0 aliphatic rings. The van der Waals surface area contributed by atoms with Crippen LogP contribution in [0, 0.1) is 0 Å². The van der Waals surface area contributed by atoms with Crippen LogP contribution in [-0.2, 0) is 4.74 Å². The molecule has 0 amide bonds. The van der Waals surface area contributed by atoms with E-state index in [9.17, 15) is 4.79 Å². The van der Waals surface area contributed by atoms with Gasteiger partial charge in [-0.3, -0.25) is 0 Å². The van der Waals surface area contributed by atoms with E-state index in [-0.39, 0.29) is 0 Å². The third kappa shape index (κ3) is 3.71. The van der Waals surface area contributed by atoms with Crippen LogP contribution in [-0.4, -0.2) is 6.16 Å². The molecule has 0 saturated carbocycles. The summed E-state index contributed by atoms with van der Waals surface area (Å²) in [5.74, 6) is 0.733. The number of hydrogen-bond acceptors (Lipinski definition) is 3. The van der Waals surface area contributed by atoms with Gasteiger partial charge in [-0.25, -0.2) is 4.79 Å². The highest BCUT2D eigenvalue weighted by Crippen LogP contribution is 2.22. The fourth-order valence-electron chi connectivity index (χ4n) is 1.61. The van der Waals surface area contributed by atoms with Crippen molar-refractivity contribution in [1.82, 2.24) is 0 Å². The largest absolute Gasteiger partial charge is 0.519 e. The minimum absolute atomic E-state index is 0.297. The summed E-state index contributed by atoms with van der Waals surface area (Å²) in [7, 11) is 0. The summed E-state index contributed by atoms with van der Waals surface area (Å²) in [4.78, 5) is 11.3. The molecule has 0 radical (unpaired) electrons. The average molecular weight is 254 g/mol. The molecule has 0 aliphatic heterocycles. The molecule has 0 saturated heterocycles. The molecule has 3 heteroatoms. The minimum atomic E-state index is -0.778. The van der Waals surface area contributed by atoms with E-state index in [0.29, 0.717) is 11.5 Å². The molecule has 19 heavy (non-hydrogen) atoms. The average Bonchev–Trinajstić information content (AvgIpc) is 2.39. The zero-order valence-corrected chi connectivity index (χ0v) is 10.6. The Bertz CT molecular complexity index is 571. The summed E-state index contributed by atoms with van der Waals surface area (Å²) >= 11 is 0. The van der Waals surface area contributed by atoms with Gasteiger partial charge in [0.2, 0.25) is 0 Å². The summed E-state index contributed by atoms with van der Waals surface area (Å²) in [6.07, 6.45) is -0.778. The fourth-order valence-corrected chi connectivity index (χ4v) is 1.61. The Morgan fingerprint density at radius 2 is 1.53 bits per heavy atom. The van der Waals surface area contributed by atoms with Crippen LogP contribution in [0.3, 0.4) is 0 Å². The van der Waals surface area contributed by atoms with Crippen molar-refractivity contribution in [2.75, 3.05) is 0 Å². The van der Waals surface area contributed by atoms with Crippen LogP contribution in [0.25, 0.3) is 11.1 Å². The highest BCUT2D eigenvalue weighted by molar-refractivity contribution is 5.67. The van der Waals surface area contributed by atoms with E-state index >= 15 is 0 Å². The molecule has 0 fully saturated rings. The first-order valence-corrected chi connectivity index (χ1v) is 5.86. The fraction of sp³-hybridized carbons (Fsp3) is 0.0625. The van der Waals surface area contributed by atoms with E-state index < -0.39 is 6.16 Å². The van der Waals surface area contributed by atoms with Crippen molar-refractivity contribution in [3.8, 4) is 16.9 Å². The molecule has 0 heterocycles. The monoisotopic (exact) mass is 254 g/mol. The maximum absolute atomic E-state index is 11.3. The van der Waals surface area contributed by atoms with Gasteiger partial charge in [-0.05, 0) is 30.2 Å². The number of hydrogen-bond donors (Lipinski definition) is 0. The molecule has 2 rings (SSSR count). The Morgan fingerprint density at radius 1 is 0.947 bits per heavy atom. The van der Waals surface area contributed by atoms with Gasteiger partial charge in [0.05, 0.1) is 0 Å². The Morgan fingerprint density at radius 3 is 2.11 bits per heavy atom. The summed E-state index contributed by atoms with van der Waals surface area (Å²) in [5.41, 5.74) is 2.17. The smallest absolute Gasteiger partial charge is 0.400 e. The Kier molecular flexibility index (Phi) is 3.98. The number of ether oxygens (including phenoxy) is 2. The molecule has 0 atom stereocenters. The number of rotatable bonds is 3. The van der Waals surface area contributed by atoms with Crippen LogP contribution in [0.5, 0.6) is 5.75 Å². The molecule has 0 bridgehead atoms. The maximum Gasteiger partial charge on any atom is 0.519 e. The SMILES string of the molecule is C=C(C)OC(=O)Oc1ccc(-c2ccccc2)cc1. The van der Waals surface area contributed by atoms with Gasteiger partial charge in [-0.15, -0.1) is 0 Å². The van der Waals surface area contributed by atoms with Gasteiger partial charge in [0.25, 0.3) is 0 Å². The van der Waals surface area contributed by atoms with Crippen molar-refractivity contribution in [1.29, 1.82) is 0 Å². The van der Waals surface area contributed by atoms with Crippen molar-refractivity contribution in [2.45, 2.75) is 6.92 Å². The molecule has 3 nitrogen and oxygen atoms in total. The summed E-state index contributed by atoms with van der Waals surface area (Å²) in [6, 6.07) is 17.2. The molecular weight excluding hydrogens is 240 g/mol. The number of carbonyl (C=O) groups excluding carboxylic acids is 1. The van der Waals surface area contributed by atoms with Crippen LogP contribution in [0.1, 0.15) is 6.92 Å². The van der Waals surface area contributed by atoms with Crippen LogP contribution < -0.4 is 4.74 Å². The third-order valence-corrected chi connectivity index (χ3v) is 2.42. The first-order chi connectivity index (χ1) is 9.15. The lowest BCUT2D eigenvalue weighted by atomic mass is 10.1. The van der Waals surface area contributed by atoms with E-state index in [1.807, 2.05) is 42.5 Å². The van der Waals surface area contributed by atoms with Gasteiger partial charge in [0, 0.05) is 0 Å². The van der Waals surface area contributed by atoms with Crippen molar-refractivity contribution in [3.63, 3.8) is 0 Å². The van der Waals surface area contributed by atoms with Crippen molar-refractivity contribution in [2.24, 2.45) is 0 Å². The predicted octanol–water partition coefficient (Wildman–Crippen LogP) is 4.40. The van der Waals surface area contributed by atoms with E-state index in [4.69, 9.17) is 9.47 Å². The molecule has 0 aliphatic carbocycles. The number of allylic oxidation sites excluding steroid dienone is 1. The predicted molar refractivity (Wildman–Crippen MR) is 73.8 cm³/mol. The standard InChI is InChI=1S/C16H14O3/c1-12(2)18-16(17)19-15-10-8-14(9-11-15)13-6-4-3-5-7-13/h3-11H,1H2,2H3. The second kappa shape index (κ2) is 5.87. The van der Waals surface area contributed by atoms with Crippen LogP contribution in [0.15, 0.2) is 66.9 Å². The topological polar surface area (TPSA) is 35.5 Å². The van der Waals surface area contributed by atoms with E-state index in [1.54, 1.807) is 19.1 Å². The van der Waals surface area contributed by atoms with E-state index in [1.165, 1.54) is 0 Å². The lowest BCUT2D eigenvalue weighted by Gasteiger charge is -2.06. The molecule has 0 aromatic heterocycles. The second-order valence-electron chi connectivity index (χ2n) is 4.05. The highest BCUT2D eigenvalue weighted by atomic mass is 16.7. The van der Waals surface area contributed by atoms with Crippen LogP contribution >= 0.6 is 0 Å². The van der Waals surface area contributed by atoms with Gasteiger partial charge in [0.1, 0.15) is 11.5 Å². The zero-order chi connectivity index (χ0) is 13.7. The first-order valence-electron chi connectivity index (χ1n) is 5.86. The number of benzene rings is 2. The van der Waals surface area contributed by atoms with Crippen molar-refractivity contribution >= 4 is 6.16 Å². The summed E-state index contributed by atoms with van der Waals surface area (Å²) < 4.78 is 9.71. The normalized spacial score (nSPS) is 9.74. The molecular formula is C16H14O3. The molecule has 0 N–H and O–H groups in total. The van der Waals surface area contributed by atoms with Gasteiger partial charge >= 0.3 is 6.16 Å². The van der Waals surface area contributed by atoms with Crippen molar-refractivity contribution < 1.29 is 14.3 Å². The first kappa shape index (κ1) is 12.9. The zero-order valence-electron chi connectivity index (χ0n) is 10.6. The Hall–Kier alpha value is -2.55. The van der Waals surface area contributed by atoms with Crippen LogP contribution in [0.2, 0.25) is 0 Å². The lowest BCUT2D eigenvalue weighted by molar-refractivity contribution is 0.127. The Labute approximate surface area is 112 Å². The molecule has 0 spiro atoms. The summed E-state index contributed by atoms with van der Waals surface area (Å²) in [6.45, 7) is 5.05. The minimum Gasteiger partial charge on any atom is -0.400 e. The third-order valence-electron chi connectivity index (χ3n) is 2.42. The van der Waals surface area contributed by atoms with Gasteiger partial charge < -0.3 is 9.47 Å². The van der Waals surface area contributed by atoms with Gasteiger partial charge in [0.15, 0.2) is 0 Å². The van der Waals surface area contributed by atoms with Gasteiger partial charge in [-0.2, -0.15) is 0 Å². The summed E-state index contributed by atoms with van der Waals surface area (Å²) in [5, 5.41) is 0. The van der Waals surface area contributed by atoms with Crippen LogP contribution in [0.4, 0.5) is 4.79 Å². The maximum atomic E-state index is 11.3. The van der Waals surface area contributed by atoms with E-state index in [2.05, 4.69) is 6.58 Å². The lowest BCUT2D eigenvalue weighted by Crippen LogP contribution is -2.08. The van der Waals surface area contributed by atoms with Gasteiger partial charge in [-0.1, -0.05) is 49.0 Å². The highest BCUT2D eigenvalue weighted by Gasteiger charge is 2.06. The molecule has 2 aromatic carbocycles. The molecule has 96 valence electrons. The molecule has 0 unspecified atom stereocenters. The van der Waals surface area contributed by atoms with Crippen molar-refractivity contribution in [3.05, 3.63) is 66.9 Å². The van der Waals surface area contributed by atoms with E-state index in [0.717, 1.165) is 11.1 Å².